The van der Waals surface area contributed by atoms with Crippen molar-refractivity contribution < 1.29 is 14.7 Å². The van der Waals surface area contributed by atoms with Crippen molar-refractivity contribution in [3.8, 4) is 16.8 Å². The second-order valence-electron chi connectivity index (χ2n) is 8.82. The molecule has 1 heterocycles. The predicted octanol–water partition coefficient (Wildman–Crippen LogP) is 6.78. The summed E-state index contributed by atoms with van der Waals surface area (Å²) in [5.41, 5.74) is 6.38. The van der Waals surface area contributed by atoms with Gasteiger partial charge in [-0.25, -0.2) is 9.78 Å². The van der Waals surface area contributed by atoms with Crippen molar-refractivity contribution in [2.24, 2.45) is 0 Å². The van der Waals surface area contributed by atoms with Crippen LogP contribution in [0.4, 0.5) is 5.69 Å². The third-order valence-corrected chi connectivity index (χ3v) is 6.15. The van der Waals surface area contributed by atoms with Gasteiger partial charge in [-0.15, -0.1) is 0 Å². The molecule has 0 spiro atoms. The zero-order chi connectivity index (χ0) is 24.9. The average molecular weight is 470 g/mol. The lowest BCUT2D eigenvalue weighted by Crippen LogP contribution is -2.10. The molecule has 0 unspecified atom stereocenters. The fourth-order valence-electron chi connectivity index (χ4n) is 4.44. The Labute approximate surface area is 205 Å². The van der Waals surface area contributed by atoms with Gasteiger partial charge in [0.05, 0.1) is 16.6 Å². The van der Waals surface area contributed by atoms with E-state index >= 15 is 0 Å². The number of carboxylic acids is 1. The highest BCUT2D eigenvalue weighted by Gasteiger charge is 2.17. The summed E-state index contributed by atoms with van der Waals surface area (Å²) in [4.78, 5) is 28.8. The molecule has 3 aromatic carbocycles. The quantitative estimate of drug-likeness (QED) is 0.283. The van der Waals surface area contributed by atoms with Crippen molar-refractivity contribution in [2.75, 3.05) is 5.32 Å². The second-order valence-corrected chi connectivity index (χ2v) is 8.82. The fraction of sp³-hybridized carbons (Fsp3) is 0.276. The first-order valence-electron chi connectivity index (χ1n) is 12.2. The summed E-state index contributed by atoms with van der Waals surface area (Å²) in [5, 5.41) is 12.6. The van der Waals surface area contributed by atoms with Crippen molar-refractivity contribution in [2.45, 2.75) is 52.9 Å². The summed E-state index contributed by atoms with van der Waals surface area (Å²) in [6, 6.07) is 19.0. The molecule has 0 saturated heterocycles. The number of carboxylic acid groups (broad SMARTS) is 1. The molecule has 6 heteroatoms. The van der Waals surface area contributed by atoms with Gasteiger partial charge in [0.25, 0.3) is 0 Å². The summed E-state index contributed by atoms with van der Waals surface area (Å²) in [7, 11) is 0. The van der Waals surface area contributed by atoms with Gasteiger partial charge >= 0.3 is 5.97 Å². The third-order valence-electron chi connectivity index (χ3n) is 6.15. The van der Waals surface area contributed by atoms with E-state index in [-0.39, 0.29) is 11.5 Å². The first kappa shape index (κ1) is 24.2. The number of fused-ring (bicyclic) bond motifs is 1. The molecule has 2 N–H and O–H groups in total. The van der Waals surface area contributed by atoms with Gasteiger partial charge in [-0.1, -0.05) is 44.5 Å². The Morgan fingerprint density at radius 1 is 0.971 bits per heavy atom. The molecule has 1 aromatic heterocycles. The Morgan fingerprint density at radius 3 is 2.49 bits per heavy atom. The average Bonchev–Trinajstić information content (AvgIpc) is 3.20. The van der Waals surface area contributed by atoms with Crippen LogP contribution in [0, 0.1) is 6.92 Å². The number of hydrogen-bond acceptors (Lipinski definition) is 3. The number of nitrogens with one attached hydrogen (secondary N) is 1. The van der Waals surface area contributed by atoms with Gasteiger partial charge in [0.15, 0.2) is 0 Å². The van der Waals surface area contributed by atoms with Crippen LogP contribution in [-0.2, 0) is 11.2 Å². The van der Waals surface area contributed by atoms with Crippen molar-refractivity contribution in [3.63, 3.8) is 0 Å². The van der Waals surface area contributed by atoms with E-state index in [1.54, 1.807) is 12.1 Å². The van der Waals surface area contributed by atoms with Crippen LogP contribution in [0.25, 0.3) is 27.8 Å². The molecule has 1 amide bonds. The van der Waals surface area contributed by atoms with Gasteiger partial charge in [0, 0.05) is 24.2 Å². The molecule has 0 radical (unpaired) electrons. The molecular weight excluding hydrogens is 438 g/mol. The summed E-state index contributed by atoms with van der Waals surface area (Å²) in [6.45, 7) is 6.14. The van der Waals surface area contributed by atoms with E-state index in [2.05, 4.69) is 22.9 Å². The van der Waals surface area contributed by atoms with E-state index in [9.17, 15) is 14.7 Å². The summed E-state index contributed by atoms with van der Waals surface area (Å²) in [6.07, 6.45) is 4.20. The first-order chi connectivity index (χ1) is 16.9. The first-order valence-corrected chi connectivity index (χ1v) is 12.2. The number of rotatable bonds is 9. The lowest BCUT2D eigenvalue weighted by atomic mass is 9.95. The van der Waals surface area contributed by atoms with E-state index in [1.165, 1.54) is 0 Å². The van der Waals surface area contributed by atoms with Gasteiger partial charge in [-0.3, -0.25) is 9.36 Å². The topological polar surface area (TPSA) is 84.2 Å². The number of aryl methyl sites for hydroxylation is 2. The molecule has 0 saturated carbocycles. The maximum Gasteiger partial charge on any atom is 0.336 e. The Morgan fingerprint density at radius 2 is 1.77 bits per heavy atom. The van der Waals surface area contributed by atoms with Gasteiger partial charge in [-0.2, -0.15) is 0 Å². The largest absolute Gasteiger partial charge is 0.478 e. The minimum absolute atomic E-state index is 0.00131. The number of nitrogens with zero attached hydrogens (tertiary/aromatic N) is 2. The minimum Gasteiger partial charge on any atom is -0.478 e. The predicted molar refractivity (Wildman–Crippen MR) is 140 cm³/mol. The number of imidazole rings is 1. The molecule has 0 aliphatic carbocycles. The Hall–Kier alpha value is -3.93. The van der Waals surface area contributed by atoms with Crippen LogP contribution in [0.1, 0.15) is 61.3 Å². The number of carbonyl (C=O) groups is 2. The highest BCUT2D eigenvalue weighted by Crippen LogP contribution is 2.31. The smallest absolute Gasteiger partial charge is 0.336 e. The summed E-state index contributed by atoms with van der Waals surface area (Å²) < 4.78 is 2.15. The van der Waals surface area contributed by atoms with Gasteiger partial charge in [0.2, 0.25) is 5.91 Å². The highest BCUT2D eigenvalue weighted by atomic mass is 16.4. The molecule has 0 fully saturated rings. The van der Waals surface area contributed by atoms with Crippen molar-refractivity contribution in [3.05, 3.63) is 77.6 Å². The molecule has 0 atom stereocenters. The van der Waals surface area contributed by atoms with Crippen LogP contribution >= 0.6 is 0 Å². The second kappa shape index (κ2) is 10.6. The summed E-state index contributed by atoms with van der Waals surface area (Å²) >= 11 is 0. The number of carbonyl (C=O) groups excluding carboxylic acids is 1. The number of anilines is 1. The Balaban J connectivity index is 1.82. The number of unbranched alkanes of at least 4 members (excludes halogenated alkanes) is 1. The lowest BCUT2D eigenvalue weighted by Gasteiger charge is -2.14. The Kier molecular flexibility index (Phi) is 7.30. The maximum atomic E-state index is 12.2. The number of amides is 1. The lowest BCUT2D eigenvalue weighted by molar-refractivity contribution is -0.116. The highest BCUT2D eigenvalue weighted by molar-refractivity contribution is 5.97. The van der Waals surface area contributed by atoms with E-state index in [0.29, 0.717) is 12.0 Å². The van der Waals surface area contributed by atoms with Crippen LogP contribution in [0.2, 0.25) is 0 Å². The van der Waals surface area contributed by atoms with Crippen molar-refractivity contribution in [1.82, 2.24) is 9.55 Å². The van der Waals surface area contributed by atoms with Crippen LogP contribution in [0.5, 0.6) is 0 Å². The summed E-state index contributed by atoms with van der Waals surface area (Å²) in [5.74, 6) is 0.0302. The normalized spacial score (nSPS) is 11.1. The molecule has 0 aliphatic heterocycles. The van der Waals surface area contributed by atoms with Crippen LogP contribution in [-0.4, -0.2) is 26.5 Å². The van der Waals surface area contributed by atoms with Crippen LogP contribution in [0.3, 0.4) is 0 Å². The molecule has 0 aliphatic rings. The van der Waals surface area contributed by atoms with E-state index in [1.807, 2.05) is 56.3 Å². The maximum absolute atomic E-state index is 12.2. The standard InChI is InChI=1S/C29H31N3O3/c1-4-6-12-27-31-25-16-13-20(30-28(33)9-5-2)18-26(25)32(27)21-14-15-22(19(3)17-21)23-10-7-8-11-24(23)29(34)35/h7-8,10-11,13-18H,4-6,9,12H2,1-3H3,(H,30,33)(H,34,35). The Bertz CT molecular complexity index is 1390. The van der Waals surface area contributed by atoms with E-state index in [0.717, 1.165) is 65.0 Å². The van der Waals surface area contributed by atoms with E-state index in [4.69, 9.17) is 4.98 Å². The zero-order valence-corrected chi connectivity index (χ0v) is 20.5. The molecule has 6 nitrogen and oxygen atoms in total. The fourth-order valence-corrected chi connectivity index (χ4v) is 4.44. The molecule has 180 valence electrons. The van der Waals surface area contributed by atoms with Gasteiger partial charge in [0.1, 0.15) is 5.82 Å². The minimum atomic E-state index is -0.941. The van der Waals surface area contributed by atoms with Gasteiger partial charge in [-0.05, 0) is 72.9 Å². The molecule has 0 bridgehead atoms. The number of hydrogen-bond donors (Lipinski definition) is 2. The van der Waals surface area contributed by atoms with Crippen LogP contribution in [0.15, 0.2) is 60.7 Å². The molecule has 35 heavy (non-hydrogen) atoms. The SMILES string of the molecule is CCCCc1nc2ccc(NC(=O)CCC)cc2n1-c1ccc(-c2ccccc2C(=O)O)c(C)c1. The number of aromatic nitrogens is 2. The van der Waals surface area contributed by atoms with E-state index < -0.39 is 5.97 Å². The molecule has 4 rings (SSSR count). The van der Waals surface area contributed by atoms with Crippen molar-refractivity contribution in [1.29, 1.82) is 0 Å². The zero-order valence-electron chi connectivity index (χ0n) is 20.5. The third kappa shape index (κ3) is 5.11. The van der Waals surface area contributed by atoms with Gasteiger partial charge < -0.3 is 10.4 Å². The van der Waals surface area contributed by atoms with Crippen LogP contribution < -0.4 is 5.32 Å². The van der Waals surface area contributed by atoms with Crippen molar-refractivity contribution >= 4 is 28.6 Å². The monoisotopic (exact) mass is 469 g/mol. The molecular formula is C29H31N3O3. The number of aromatic carboxylic acids is 1. The number of benzene rings is 3. The molecule has 4 aromatic rings.